The quantitative estimate of drug-likeness (QED) is 0.635. The number of likely N-dealkylation sites (tertiary alicyclic amines) is 1. The fourth-order valence-corrected chi connectivity index (χ4v) is 5.06. The number of rotatable bonds is 2. The molecule has 0 saturated carbocycles. The molecule has 1 aliphatic heterocycles. The molecule has 3 heteroatoms. The molecule has 1 saturated heterocycles. The van der Waals surface area contributed by atoms with E-state index in [1.54, 1.807) is 0 Å². The molecule has 4 rings (SSSR count). The highest BCUT2D eigenvalue weighted by molar-refractivity contribution is 6.39. The molecule has 2 atom stereocenters. The summed E-state index contributed by atoms with van der Waals surface area (Å²) in [5.41, 5.74) is 5.06. The van der Waals surface area contributed by atoms with Gasteiger partial charge >= 0.3 is 0 Å². The first kappa shape index (κ1) is 16.4. The van der Waals surface area contributed by atoms with Crippen LogP contribution in [0.25, 0.3) is 11.1 Å². The third kappa shape index (κ3) is 2.98. The normalized spacial score (nSPS) is 24.1. The van der Waals surface area contributed by atoms with E-state index >= 15 is 0 Å². The van der Waals surface area contributed by atoms with E-state index < -0.39 is 0 Å². The summed E-state index contributed by atoms with van der Waals surface area (Å²) in [6, 6.07) is 13.9. The summed E-state index contributed by atoms with van der Waals surface area (Å²) in [5.74, 6) is 0. The van der Waals surface area contributed by atoms with Crippen LogP contribution >= 0.6 is 23.2 Å². The Labute approximate surface area is 154 Å². The van der Waals surface area contributed by atoms with Crippen molar-refractivity contribution in [2.45, 2.75) is 51.1 Å². The van der Waals surface area contributed by atoms with Crippen molar-refractivity contribution in [3.05, 3.63) is 57.6 Å². The van der Waals surface area contributed by atoms with Crippen molar-refractivity contribution in [3.8, 4) is 11.1 Å². The van der Waals surface area contributed by atoms with Gasteiger partial charge in [0.1, 0.15) is 0 Å². The monoisotopic (exact) mass is 359 g/mol. The summed E-state index contributed by atoms with van der Waals surface area (Å²) in [6.07, 6.45) is 6.30. The second-order valence-electron chi connectivity index (χ2n) is 7.21. The molecule has 2 unspecified atom stereocenters. The Morgan fingerprint density at radius 2 is 1.79 bits per heavy atom. The number of nitrogens with zero attached hydrogens (tertiary/aromatic N) is 1. The molecular formula is C21H23Cl2N. The van der Waals surface area contributed by atoms with Crippen molar-refractivity contribution in [2.24, 2.45) is 0 Å². The van der Waals surface area contributed by atoms with Gasteiger partial charge in [-0.05, 0) is 74.4 Å². The van der Waals surface area contributed by atoms with Gasteiger partial charge in [0.15, 0.2) is 0 Å². The van der Waals surface area contributed by atoms with Crippen LogP contribution in [0.1, 0.15) is 37.3 Å². The molecule has 0 spiro atoms. The highest BCUT2D eigenvalue weighted by Crippen LogP contribution is 2.37. The number of fused-ring (bicyclic) bond motifs is 1. The van der Waals surface area contributed by atoms with Crippen molar-refractivity contribution in [1.82, 2.24) is 4.90 Å². The summed E-state index contributed by atoms with van der Waals surface area (Å²) in [6.45, 7) is 3.65. The Kier molecular flexibility index (Phi) is 4.60. The lowest BCUT2D eigenvalue weighted by Gasteiger charge is -2.35. The highest BCUT2D eigenvalue weighted by Gasteiger charge is 2.30. The van der Waals surface area contributed by atoms with Gasteiger partial charge in [-0.1, -0.05) is 47.5 Å². The molecule has 1 heterocycles. The van der Waals surface area contributed by atoms with Crippen LogP contribution in [0.5, 0.6) is 0 Å². The largest absolute Gasteiger partial charge is 0.297 e. The fourth-order valence-electron chi connectivity index (χ4n) is 4.45. The van der Waals surface area contributed by atoms with Crippen LogP contribution in [0.3, 0.4) is 0 Å². The van der Waals surface area contributed by atoms with E-state index in [9.17, 15) is 0 Å². The third-order valence-electron chi connectivity index (χ3n) is 5.73. The lowest BCUT2D eigenvalue weighted by Crippen LogP contribution is -2.41. The van der Waals surface area contributed by atoms with Gasteiger partial charge in [-0.3, -0.25) is 4.90 Å². The second-order valence-corrected chi connectivity index (χ2v) is 8.02. The van der Waals surface area contributed by atoms with Gasteiger partial charge < -0.3 is 0 Å². The average molecular weight is 360 g/mol. The van der Waals surface area contributed by atoms with Crippen LogP contribution in [0.15, 0.2) is 36.4 Å². The maximum absolute atomic E-state index is 6.38. The van der Waals surface area contributed by atoms with Crippen molar-refractivity contribution in [1.29, 1.82) is 0 Å². The molecule has 1 nitrogen and oxygen atoms in total. The maximum atomic E-state index is 6.38. The van der Waals surface area contributed by atoms with Crippen molar-refractivity contribution < 1.29 is 0 Å². The molecule has 126 valence electrons. The van der Waals surface area contributed by atoms with Crippen LogP contribution in [-0.2, 0) is 12.8 Å². The van der Waals surface area contributed by atoms with Crippen LogP contribution in [0.4, 0.5) is 0 Å². The van der Waals surface area contributed by atoms with E-state index in [-0.39, 0.29) is 0 Å². The standard InChI is InChI=1S/C21H23Cl2N/c1-14-4-3-11-24(14)18-10-9-15-12-17(8-7-16(15)13-18)21-19(22)5-2-6-20(21)23/h2,5-8,12,14,18H,3-4,9-11,13H2,1H3. The predicted octanol–water partition coefficient (Wildman–Crippen LogP) is 6.00. The Morgan fingerprint density at radius 1 is 1.00 bits per heavy atom. The Balaban J connectivity index is 1.62. The van der Waals surface area contributed by atoms with Crippen LogP contribution < -0.4 is 0 Å². The number of aryl methyl sites for hydroxylation is 1. The lowest BCUT2D eigenvalue weighted by atomic mass is 9.85. The van der Waals surface area contributed by atoms with E-state index in [1.165, 1.54) is 43.4 Å². The van der Waals surface area contributed by atoms with Gasteiger partial charge in [-0.15, -0.1) is 0 Å². The summed E-state index contributed by atoms with van der Waals surface area (Å²) in [5, 5.41) is 1.45. The smallest absolute Gasteiger partial charge is 0.0499 e. The van der Waals surface area contributed by atoms with E-state index in [0.717, 1.165) is 33.6 Å². The summed E-state index contributed by atoms with van der Waals surface area (Å²) >= 11 is 12.8. The van der Waals surface area contributed by atoms with Gasteiger partial charge in [0.25, 0.3) is 0 Å². The van der Waals surface area contributed by atoms with Crippen LogP contribution in [0, 0.1) is 0 Å². The number of hydrogen-bond acceptors (Lipinski definition) is 1. The molecule has 0 N–H and O–H groups in total. The molecule has 0 aromatic heterocycles. The zero-order chi connectivity index (χ0) is 16.7. The number of benzene rings is 2. The van der Waals surface area contributed by atoms with Gasteiger partial charge in [0, 0.05) is 27.7 Å². The van der Waals surface area contributed by atoms with Gasteiger partial charge in [-0.2, -0.15) is 0 Å². The first-order valence-corrected chi connectivity index (χ1v) is 9.71. The third-order valence-corrected chi connectivity index (χ3v) is 6.36. The van der Waals surface area contributed by atoms with E-state index in [0.29, 0.717) is 6.04 Å². The molecule has 0 bridgehead atoms. The minimum absolute atomic E-state index is 0.713. The Bertz CT molecular complexity index is 735. The second kappa shape index (κ2) is 6.71. The first-order chi connectivity index (χ1) is 11.6. The zero-order valence-electron chi connectivity index (χ0n) is 14.1. The Hall–Kier alpha value is -1.02. The minimum Gasteiger partial charge on any atom is -0.297 e. The van der Waals surface area contributed by atoms with Crippen molar-refractivity contribution >= 4 is 23.2 Å². The van der Waals surface area contributed by atoms with Crippen molar-refractivity contribution in [2.75, 3.05) is 6.54 Å². The molecule has 0 radical (unpaired) electrons. The fraction of sp³-hybridized carbons (Fsp3) is 0.429. The van der Waals surface area contributed by atoms with E-state index in [2.05, 4.69) is 30.0 Å². The molecular weight excluding hydrogens is 337 g/mol. The molecule has 24 heavy (non-hydrogen) atoms. The minimum atomic E-state index is 0.713. The van der Waals surface area contributed by atoms with Gasteiger partial charge in [0.2, 0.25) is 0 Å². The highest BCUT2D eigenvalue weighted by atomic mass is 35.5. The summed E-state index contributed by atoms with van der Waals surface area (Å²) in [4.78, 5) is 2.72. The average Bonchev–Trinajstić information content (AvgIpc) is 3.00. The van der Waals surface area contributed by atoms with Crippen LogP contribution in [0.2, 0.25) is 10.0 Å². The SMILES string of the molecule is CC1CCCN1C1CCc2cc(-c3c(Cl)cccc3Cl)ccc2C1. The van der Waals surface area contributed by atoms with Gasteiger partial charge in [-0.25, -0.2) is 0 Å². The summed E-state index contributed by atoms with van der Waals surface area (Å²) in [7, 11) is 0. The zero-order valence-corrected chi connectivity index (χ0v) is 15.6. The molecule has 2 aromatic carbocycles. The topological polar surface area (TPSA) is 3.24 Å². The van der Waals surface area contributed by atoms with E-state index in [1.807, 2.05) is 18.2 Å². The molecule has 0 amide bonds. The first-order valence-electron chi connectivity index (χ1n) is 8.95. The van der Waals surface area contributed by atoms with Crippen LogP contribution in [-0.4, -0.2) is 23.5 Å². The summed E-state index contributed by atoms with van der Waals surface area (Å²) < 4.78 is 0. The lowest BCUT2D eigenvalue weighted by molar-refractivity contribution is 0.174. The van der Waals surface area contributed by atoms with E-state index in [4.69, 9.17) is 23.2 Å². The Morgan fingerprint density at radius 3 is 2.50 bits per heavy atom. The van der Waals surface area contributed by atoms with Crippen molar-refractivity contribution in [3.63, 3.8) is 0 Å². The van der Waals surface area contributed by atoms with Gasteiger partial charge in [0.05, 0.1) is 0 Å². The number of halogens is 2. The maximum Gasteiger partial charge on any atom is 0.0499 e. The predicted molar refractivity (Wildman–Crippen MR) is 103 cm³/mol. The molecule has 2 aromatic rings. The molecule has 1 fully saturated rings. The molecule has 1 aliphatic carbocycles. The number of hydrogen-bond donors (Lipinski definition) is 0. The molecule has 2 aliphatic rings.